The zero-order valence-electron chi connectivity index (χ0n) is 14.6. The van der Waals surface area contributed by atoms with Gasteiger partial charge in [-0.05, 0) is 29.3 Å². The number of nitrogens with zero attached hydrogens (tertiary/aromatic N) is 2. The number of carbonyl (C=O) groups is 2. The lowest BCUT2D eigenvalue weighted by molar-refractivity contribution is -0.132. The first-order valence-electron chi connectivity index (χ1n) is 8.35. The van der Waals surface area contributed by atoms with Gasteiger partial charge in [-0.25, -0.2) is 0 Å². The predicted octanol–water partition coefficient (Wildman–Crippen LogP) is 2.98. The van der Waals surface area contributed by atoms with Crippen molar-refractivity contribution in [2.45, 2.75) is 26.4 Å². The van der Waals surface area contributed by atoms with Crippen LogP contribution in [0.1, 0.15) is 24.5 Å². The third kappa shape index (κ3) is 3.82. The summed E-state index contributed by atoms with van der Waals surface area (Å²) in [5.41, 5.74) is 2.85. The second-order valence-corrected chi connectivity index (χ2v) is 6.15. The van der Waals surface area contributed by atoms with E-state index in [0.717, 1.165) is 22.6 Å². The van der Waals surface area contributed by atoms with Crippen LogP contribution >= 0.6 is 0 Å². The Morgan fingerprint density at radius 2 is 1.92 bits per heavy atom. The van der Waals surface area contributed by atoms with Gasteiger partial charge in [0.25, 0.3) is 0 Å². The van der Waals surface area contributed by atoms with E-state index in [1.54, 1.807) is 12.0 Å². The van der Waals surface area contributed by atoms with Crippen molar-refractivity contribution in [3.8, 4) is 5.75 Å². The molecule has 0 saturated heterocycles. The molecular formula is C20H22N2O3. The number of methoxy groups -OCH3 is 1. The maximum Gasteiger partial charge on any atom is 0.224 e. The molecule has 0 radical (unpaired) electrons. The Hall–Kier alpha value is -2.82. The monoisotopic (exact) mass is 338 g/mol. The predicted molar refractivity (Wildman–Crippen MR) is 96.3 cm³/mol. The molecule has 0 bridgehead atoms. The number of hydrogen-bond donors (Lipinski definition) is 0. The van der Waals surface area contributed by atoms with Gasteiger partial charge in [0.05, 0.1) is 7.11 Å². The van der Waals surface area contributed by atoms with Crippen LogP contribution in [0.25, 0.3) is 0 Å². The van der Waals surface area contributed by atoms with Crippen LogP contribution in [0.2, 0.25) is 0 Å². The summed E-state index contributed by atoms with van der Waals surface area (Å²) in [4.78, 5) is 28.2. The van der Waals surface area contributed by atoms with Crippen LogP contribution in [0.3, 0.4) is 0 Å². The number of rotatable bonds is 3. The van der Waals surface area contributed by atoms with E-state index in [1.807, 2.05) is 53.4 Å². The third-order valence-electron chi connectivity index (χ3n) is 4.44. The fraction of sp³-hybridized carbons (Fsp3) is 0.300. The summed E-state index contributed by atoms with van der Waals surface area (Å²) >= 11 is 0. The molecule has 1 aliphatic rings. The zero-order valence-corrected chi connectivity index (χ0v) is 14.6. The second kappa shape index (κ2) is 7.38. The summed E-state index contributed by atoms with van der Waals surface area (Å²) in [6, 6.07) is 15.6. The summed E-state index contributed by atoms with van der Waals surface area (Å²) in [7, 11) is 1.61. The number of fused-ring (bicyclic) bond motifs is 1. The molecule has 0 unspecified atom stereocenters. The fourth-order valence-electron chi connectivity index (χ4n) is 3.13. The highest BCUT2D eigenvalue weighted by molar-refractivity contribution is 5.94. The molecular weight excluding hydrogens is 316 g/mol. The van der Waals surface area contributed by atoms with Gasteiger partial charge in [-0.3, -0.25) is 9.59 Å². The summed E-state index contributed by atoms with van der Waals surface area (Å²) in [6.07, 6.45) is 0.317. The summed E-state index contributed by atoms with van der Waals surface area (Å²) in [5, 5.41) is 0. The van der Waals surface area contributed by atoms with Gasteiger partial charge < -0.3 is 14.5 Å². The number of hydrogen-bond acceptors (Lipinski definition) is 3. The average molecular weight is 338 g/mol. The van der Waals surface area contributed by atoms with Crippen LogP contribution in [-0.2, 0) is 22.7 Å². The van der Waals surface area contributed by atoms with E-state index in [0.29, 0.717) is 26.1 Å². The SMILES string of the molecule is COc1ccc2c(c1)CN(Cc1ccccc1)C(=O)CCN2C(C)=O. The first kappa shape index (κ1) is 17.0. The molecule has 2 aromatic carbocycles. The standard InChI is InChI=1S/C20H22N2O3/c1-15(23)22-11-10-20(24)21(13-16-6-4-3-5-7-16)14-17-12-18(25-2)8-9-19(17)22/h3-9,12H,10-11,13-14H2,1-2H3. The number of carbonyl (C=O) groups excluding carboxylic acids is 2. The van der Waals surface area contributed by atoms with Crippen molar-refractivity contribution in [3.05, 3.63) is 59.7 Å². The molecule has 1 aliphatic heterocycles. The molecule has 0 saturated carbocycles. The Morgan fingerprint density at radius 1 is 1.16 bits per heavy atom. The molecule has 0 spiro atoms. The molecule has 130 valence electrons. The third-order valence-corrected chi connectivity index (χ3v) is 4.44. The molecule has 25 heavy (non-hydrogen) atoms. The van der Waals surface area contributed by atoms with E-state index in [1.165, 1.54) is 6.92 Å². The molecule has 1 heterocycles. The highest BCUT2D eigenvalue weighted by Gasteiger charge is 2.25. The van der Waals surface area contributed by atoms with Crippen LogP contribution in [0, 0.1) is 0 Å². The van der Waals surface area contributed by atoms with Crippen LogP contribution in [-0.4, -0.2) is 30.4 Å². The van der Waals surface area contributed by atoms with Gasteiger partial charge in [0.1, 0.15) is 5.75 Å². The number of ether oxygens (including phenoxy) is 1. The Bertz CT molecular complexity index is 774. The molecule has 2 aromatic rings. The van der Waals surface area contributed by atoms with Crippen LogP contribution in [0.15, 0.2) is 48.5 Å². The van der Waals surface area contributed by atoms with Crippen molar-refractivity contribution in [2.24, 2.45) is 0 Å². The summed E-state index contributed by atoms with van der Waals surface area (Å²) in [5.74, 6) is 0.703. The molecule has 0 N–H and O–H groups in total. The van der Waals surface area contributed by atoms with Gasteiger partial charge >= 0.3 is 0 Å². The summed E-state index contributed by atoms with van der Waals surface area (Å²) in [6.45, 7) is 2.92. The lowest BCUT2D eigenvalue weighted by atomic mass is 10.1. The highest BCUT2D eigenvalue weighted by Crippen LogP contribution is 2.29. The molecule has 0 aromatic heterocycles. The Kier molecular flexibility index (Phi) is 5.03. The van der Waals surface area contributed by atoms with Gasteiger partial charge in [-0.2, -0.15) is 0 Å². The molecule has 5 nitrogen and oxygen atoms in total. The molecule has 0 fully saturated rings. The van der Waals surface area contributed by atoms with E-state index >= 15 is 0 Å². The van der Waals surface area contributed by atoms with E-state index in [-0.39, 0.29) is 11.8 Å². The minimum Gasteiger partial charge on any atom is -0.497 e. The molecule has 0 aliphatic carbocycles. The minimum absolute atomic E-state index is 0.0450. The van der Waals surface area contributed by atoms with Crippen molar-refractivity contribution in [1.29, 1.82) is 0 Å². The molecule has 0 atom stereocenters. The Balaban J connectivity index is 1.96. The van der Waals surface area contributed by atoms with Crippen molar-refractivity contribution in [1.82, 2.24) is 4.90 Å². The Morgan fingerprint density at radius 3 is 2.60 bits per heavy atom. The van der Waals surface area contributed by atoms with Gasteiger partial charge in [-0.15, -0.1) is 0 Å². The van der Waals surface area contributed by atoms with Crippen molar-refractivity contribution in [2.75, 3.05) is 18.6 Å². The largest absolute Gasteiger partial charge is 0.497 e. The van der Waals surface area contributed by atoms with Gasteiger partial charge in [0.15, 0.2) is 0 Å². The van der Waals surface area contributed by atoms with E-state index in [4.69, 9.17) is 4.74 Å². The molecule has 3 rings (SSSR count). The van der Waals surface area contributed by atoms with E-state index in [2.05, 4.69) is 0 Å². The highest BCUT2D eigenvalue weighted by atomic mass is 16.5. The lowest BCUT2D eigenvalue weighted by Gasteiger charge is -2.32. The number of anilines is 1. The topological polar surface area (TPSA) is 49.9 Å². The van der Waals surface area contributed by atoms with Crippen molar-refractivity contribution >= 4 is 17.5 Å². The van der Waals surface area contributed by atoms with Crippen molar-refractivity contribution < 1.29 is 14.3 Å². The second-order valence-electron chi connectivity index (χ2n) is 6.15. The first-order valence-corrected chi connectivity index (χ1v) is 8.35. The minimum atomic E-state index is -0.0595. The average Bonchev–Trinajstić information content (AvgIpc) is 2.61. The Labute approximate surface area is 147 Å². The van der Waals surface area contributed by atoms with E-state index < -0.39 is 0 Å². The maximum absolute atomic E-state index is 12.7. The van der Waals surface area contributed by atoms with Gasteiger partial charge in [-0.1, -0.05) is 30.3 Å². The quantitative estimate of drug-likeness (QED) is 0.864. The normalized spacial score (nSPS) is 14.6. The molecule has 2 amide bonds. The maximum atomic E-state index is 12.7. The van der Waals surface area contributed by atoms with Crippen LogP contribution in [0.4, 0.5) is 5.69 Å². The van der Waals surface area contributed by atoms with Crippen LogP contribution in [0.5, 0.6) is 5.75 Å². The lowest BCUT2D eigenvalue weighted by Crippen LogP contribution is -2.39. The van der Waals surface area contributed by atoms with Crippen LogP contribution < -0.4 is 9.64 Å². The first-order chi connectivity index (χ1) is 12.1. The fourth-order valence-corrected chi connectivity index (χ4v) is 3.13. The number of amides is 2. The van der Waals surface area contributed by atoms with Gasteiger partial charge in [0.2, 0.25) is 11.8 Å². The van der Waals surface area contributed by atoms with Gasteiger partial charge in [0, 0.05) is 38.7 Å². The van der Waals surface area contributed by atoms with E-state index in [9.17, 15) is 9.59 Å². The van der Waals surface area contributed by atoms with Crippen molar-refractivity contribution in [3.63, 3.8) is 0 Å². The summed E-state index contributed by atoms with van der Waals surface area (Å²) < 4.78 is 5.32. The zero-order chi connectivity index (χ0) is 17.8. The number of benzene rings is 2. The molecule has 5 heteroatoms. The smallest absolute Gasteiger partial charge is 0.224 e.